The molecule has 0 saturated carbocycles. The van der Waals surface area contributed by atoms with E-state index in [2.05, 4.69) is 27.6 Å². The van der Waals surface area contributed by atoms with Crippen LogP contribution in [0.2, 0.25) is 0 Å². The Hall–Kier alpha value is -1.36. The Labute approximate surface area is 114 Å². The van der Waals surface area contributed by atoms with Gasteiger partial charge in [0.25, 0.3) is 0 Å². The van der Waals surface area contributed by atoms with Gasteiger partial charge < -0.3 is 9.30 Å². The Bertz CT molecular complexity index is 409. The molecule has 1 fully saturated rings. The molecule has 0 unspecified atom stereocenters. The third-order valence-corrected chi connectivity index (χ3v) is 3.86. The Morgan fingerprint density at radius 3 is 2.84 bits per heavy atom. The predicted octanol–water partition coefficient (Wildman–Crippen LogP) is 1.33. The van der Waals surface area contributed by atoms with Crippen molar-refractivity contribution in [1.82, 2.24) is 14.5 Å². The van der Waals surface area contributed by atoms with Crippen LogP contribution in [0.15, 0.2) is 12.4 Å². The van der Waals surface area contributed by atoms with E-state index in [0.717, 1.165) is 44.7 Å². The molecule has 1 aromatic rings. The van der Waals surface area contributed by atoms with Crippen LogP contribution in [0.3, 0.4) is 0 Å². The molecule has 1 aliphatic rings. The van der Waals surface area contributed by atoms with Crippen molar-refractivity contribution >= 4 is 5.97 Å². The highest BCUT2D eigenvalue weighted by Gasteiger charge is 2.21. The first-order valence-corrected chi connectivity index (χ1v) is 7.02. The number of aromatic nitrogens is 2. The summed E-state index contributed by atoms with van der Waals surface area (Å²) in [5, 5.41) is 0. The van der Waals surface area contributed by atoms with E-state index < -0.39 is 0 Å². The zero-order valence-electron chi connectivity index (χ0n) is 11.8. The summed E-state index contributed by atoms with van der Waals surface area (Å²) >= 11 is 0. The van der Waals surface area contributed by atoms with E-state index in [1.165, 1.54) is 7.11 Å². The van der Waals surface area contributed by atoms with E-state index in [0.29, 0.717) is 12.5 Å². The van der Waals surface area contributed by atoms with Crippen molar-refractivity contribution in [3.05, 3.63) is 18.2 Å². The van der Waals surface area contributed by atoms with Crippen molar-refractivity contribution in [3.8, 4) is 0 Å². The minimum absolute atomic E-state index is 0.138. The summed E-state index contributed by atoms with van der Waals surface area (Å²) in [5.41, 5.74) is 0. The number of imidazole rings is 1. The number of carbonyl (C=O) groups is 1. The van der Waals surface area contributed by atoms with E-state index in [1.807, 2.05) is 6.20 Å². The van der Waals surface area contributed by atoms with Crippen molar-refractivity contribution < 1.29 is 9.53 Å². The van der Waals surface area contributed by atoms with Crippen LogP contribution in [0.1, 0.15) is 25.6 Å². The number of piperidine rings is 1. The van der Waals surface area contributed by atoms with Crippen LogP contribution in [0.25, 0.3) is 0 Å². The fraction of sp³-hybridized carbons (Fsp3) is 0.714. The van der Waals surface area contributed by atoms with Gasteiger partial charge >= 0.3 is 5.97 Å². The van der Waals surface area contributed by atoms with Gasteiger partial charge in [-0.1, -0.05) is 6.92 Å². The summed E-state index contributed by atoms with van der Waals surface area (Å²) in [7, 11) is 1.44. The fourth-order valence-corrected chi connectivity index (χ4v) is 2.67. The molecule has 0 atom stereocenters. The van der Waals surface area contributed by atoms with E-state index >= 15 is 0 Å². The van der Waals surface area contributed by atoms with Crippen molar-refractivity contribution in [2.24, 2.45) is 5.92 Å². The molecule has 0 radical (unpaired) electrons. The number of hydrogen-bond acceptors (Lipinski definition) is 4. The second-order valence-electron chi connectivity index (χ2n) is 5.15. The van der Waals surface area contributed by atoms with Gasteiger partial charge in [-0.15, -0.1) is 0 Å². The Morgan fingerprint density at radius 1 is 1.47 bits per heavy atom. The SMILES string of the molecule is CCc1nccn1CC1CCN(CC(=O)OC)CC1. The monoisotopic (exact) mass is 265 g/mol. The molecule has 1 saturated heterocycles. The molecule has 0 amide bonds. The number of rotatable bonds is 5. The van der Waals surface area contributed by atoms with Crippen LogP contribution in [0, 0.1) is 5.92 Å². The standard InChI is InChI=1S/C14H23N3O2/c1-3-13-15-6-9-17(13)10-12-4-7-16(8-5-12)11-14(18)19-2/h6,9,12H,3-5,7-8,10-11H2,1-2H3. The highest BCUT2D eigenvalue weighted by atomic mass is 16.5. The second kappa shape index (κ2) is 6.70. The third kappa shape index (κ3) is 3.80. The third-order valence-electron chi connectivity index (χ3n) is 3.86. The molecule has 1 aliphatic heterocycles. The molecular formula is C14H23N3O2. The number of carbonyl (C=O) groups excluding carboxylic acids is 1. The van der Waals surface area contributed by atoms with Crippen LogP contribution < -0.4 is 0 Å². The van der Waals surface area contributed by atoms with Crippen LogP contribution in [-0.2, 0) is 22.5 Å². The maximum atomic E-state index is 11.2. The molecule has 106 valence electrons. The van der Waals surface area contributed by atoms with E-state index in [4.69, 9.17) is 4.74 Å². The van der Waals surface area contributed by atoms with Crippen molar-refractivity contribution in [1.29, 1.82) is 0 Å². The maximum Gasteiger partial charge on any atom is 0.319 e. The molecule has 19 heavy (non-hydrogen) atoms. The number of methoxy groups -OCH3 is 1. The number of likely N-dealkylation sites (tertiary alicyclic amines) is 1. The maximum absolute atomic E-state index is 11.2. The Kier molecular flexibility index (Phi) is 4.96. The van der Waals surface area contributed by atoms with Gasteiger partial charge in [-0.2, -0.15) is 0 Å². The highest BCUT2D eigenvalue weighted by molar-refractivity contribution is 5.71. The van der Waals surface area contributed by atoms with E-state index in [-0.39, 0.29) is 5.97 Å². The van der Waals surface area contributed by atoms with Gasteiger partial charge in [0.1, 0.15) is 5.82 Å². The zero-order valence-corrected chi connectivity index (χ0v) is 11.8. The topological polar surface area (TPSA) is 47.4 Å². The predicted molar refractivity (Wildman–Crippen MR) is 72.8 cm³/mol. The van der Waals surface area contributed by atoms with Gasteiger partial charge in [-0.05, 0) is 31.8 Å². The zero-order chi connectivity index (χ0) is 13.7. The summed E-state index contributed by atoms with van der Waals surface area (Å²) in [6.45, 7) is 5.58. The molecule has 0 N–H and O–H groups in total. The lowest BCUT2D eigenvalue weighted by atomic mass is 9.96. The second-order valence-corrected chi connectivity index (χ2v) is 5.15. The van der Waals surface area contributed by atoms with Crippen LogP contribution in [0.4, 0.5) is 0 Å². The fourth-order valence-electron chi connectivity index (χ4n) is 2.67. The highest BCUT2D eigenvalue weighted by Crippen LogP contribution is 2.19. The van der Waals surface area contributed by atoms with E-state index in [1.54, 1.807) is 0 Å². The lowest BCUT2D eigenvalue weighted by Gasteiger charge is -2.31. The molecule has 1 aromatic heterocycles. The van der Waals surface area contributed by atoms with Crippen LogP contribution in [-0.4, -0.2) is 47.2 Å². The summed E-state index contributed by atoms with van der Waals surface area (Å²) in [6, 6.07) is 0. The molecule has 2 heterocycles. The average molecular weight is 265 g/mol. The first kappa shape index (κ1) is 14.1. The first-order valence-electron chi connectivity index (χ1n) is 7.02. The molecule has 5 nitrogen and oxygen atoms in total. The molecule has 5 heteroatoms. The quantitative estimate of drug-likeness (QED) is 0.754. The Balaban J connectivity index is 1.79. The summed E-state index contributed by atoms with van der Waals surface area (Å²) in [5.74, 6) is 1.71. The minimum atomic E-state index is -0.138. The van der Waals surface area contributed by atoms with Crippen LogP contribution in [0.5, 0.6) is 0 Å². The molecule has 0 spiro atoms. The van der Waals surface area contributed by atoms with Crippen molar-refractivity contribution in [2.45, 2.75) is 32.7 Å². The number of esters is 1. The van der Waals surface area contributed by atoms with Gasteiger partial charge in [0, 0.05) is 25.4 Å². The van der Waals surface area contributed by atoms with Gasteiger partial charge in [0.15, 0.2) is 0 Å². The minimum Gasteiger partial charge on any atom is -0.468 e. The molecule has 2 rings (SSSR count). The lowest BCUT2D eigenvalue weighted by Crippen LogP contribution is -2.38. The van der Waals surface area contributed by atoms with Crippen molar-refractivity contribution in [2.75, 3.05) is 26.7 Å². The molecular weight excluding hydrogens is 242 g/mol. The summed E-state index contributed by atoms with van der Waals surface area (Å²) < 4.78 is 6.97. The molecule has 0 aromatic carbocycles. The smallest absolute Gasteiger partial charge is 0.319 e. The number of aryl methyl sites for hydroxylation is 1. The number of ether oxygens (including phenoxy) is 1. The van der Waals surface area contributed by atoms with E-state index in [9.17, 15) is 4.79 Å². The molecule has 0 aliphatic carbocycles. The van der Waals surface area contributed by atoms with Gasteiger partial charge in [0.2, 0.25) is 0 Å². The summed E-state index contributed by atoms with van der Waals surface area (Å²) in [4.78, 5) is 17.8. The van der Waals surface area contributed by atoms with Gasteiger partial charge in [-0.3, -0.25) is 9.69 Å². The molecule has 0 bridgehead atoms. The largest absolute Gasteiger partial charge is 0.468 e. The summed E-state index contributed by atoms with van der Waals surface area (Å²) in [6.07, 6.45) is 7.20. The lowest BCUT2D eigenvalue weighted by molar-refractivity contribution is -0.142. The van der Waals surface area contributed by atoms with Crippen LogP contribution >= 0.6 is 0 Å². The normalized spacial score (nSPS) is 17.6. The van der Waals surface area contributed by atoms with Gasteiger partial charge in [-0.25, -0.2) is 4.98 Å². The van der Waals surface area contributed by atoms with Crippen molar-refractivity contribution in [3.63, 3.8) is 0 Å². The number of nitrogens with zero attached hydrogens (tertiary/aromatic N) is 3. The Morgan fingerprint density at radius 2 is 2.21 bits per heavy atom. The van der Waals surface area contributed by atoms with Gasteiger partial charge in [0.05, 0.1) is 13.7 Å². The average Bonchev–Trinajstić information content (AvgIpc) is 2.88. The first-order chi connectivity index (χ1) is 9.22. The number of hydrogen-bond donors (Lipinski definition) is 0.